The van der Waals surface area contributed by atoms with Crippen LogP contribution in [0.5, 0.6) is 11.5 Å². The summed E-state index contributed by atoms with van der Waals surface area (Å²) in [7, 11) is 0. The third-order valence-corrected chi connectivity index (χ3v) is 4.42. The molecule has 2 aromatic carbocycles. The number of hydrogen-bond donors (Lipinski definition) is 2. The Kier molecular flexibility index (Phi) is 7.67. The van der Waals surface area contributed by atoms with Gasteiger partial charge in [-0.3, -0.25) is 20.4 Å². The van der Waals surface area contributed by atoms with Gasteiger partial charge in [-0.1, -0.05) is 31.2 Å². The fourth-order valence-corrected chi connectivity index (χ4v) is 2.89. The van der Waals surface area contributed by atoms with Gasteiger partial charge in [-0.25, -0.2) is 0 Å². The molecule has 0 radical (unpaired) electrons. The minimum atomic E-state index is -0.710. The molecule has 6 nitrogen and oxygen atoms in total. The summed E-state index contributed by atoms with van der Waals surface area (Å²) in [6.45, 7) is 5.47. The van der Waals surface area contributed by atoms with E-state index in [0.29, 0.717) is 17.9 Å². The molecule has 2 aromatic rings. The first-order valence-corrected chi connectivity index (χ1v) is 9.40. The molecule has 1 unspecified atom stereocenters. The van der Waals surface area contributed by atoms with Crippen LogP contribution in [0.4, 0.5) is 0 Å². The lowest BCUT2D eigenvalue weighted by Crippen LogP contribution is -2.49. The molecule has 0 saturated heterocycles. The van der Waals surface area contributed by atoms with Crippen molar-refractivity contribution in [1.29, 1.82) is 0 Å². The number of hydrogen-bond acceptors (Lipinski definition) is 4. The number of hydrazine groups is 1. The van der Waals surface area contributed by atoms with Crippen LogP contribution in [-0.4, -0.2) is 24.5 Å². The maximum Gasteiger partial charge on any atom is 0.279 e. The van der Waals surface area contributed by atoms with Crippen LogP contribution in [0, 0.1) is 13.8 Å². The molecule has 0 fully saturated rings. The number of para-hydroxylation sites is 1. The van der Waals surface area contributed by atoms with E-state index in [1.165, 1.54) is 0 Å². The fraction of sp³-hybridized carbons (Fsp3) is 0.300. The summed E-state index contributed by atoms with van der Waals surface area (Å²) < 4.78 is 11.9. The molecular weight excluding hydrogens is 412 g/mol. The van der Waals surface area contributed by atoms with Crippen molar-refractivity contribution in [2.24, 2.45) is 0 Å². The maximum atomic E-state index is 12.3. The Hall–Kier alpha value is -2.54. The number of rotatable bonds is 7. The molecule has 1 atom stereocenters. The molecule has 2 N–H and O–H groups in total. The van der Waals surface area contributed by atoms with Crippen LogP contribution < -0.4 is 20.3 Å². The first kappa shape index (κ1) is 20.8. The predicted molar refractivity (Wildman–Crippen MR) is 107 cm³/mol. The zero-order valence-electron chi connectivity index (χ0n) is 15.5. The SMILES string of the molecule is CCC(Oc1ccccc1C)C(=O)NNC(=O)COc1ccc(C)cc1Br. The Labute approximate surface area is 167 Å². The summed E-state index contributed by atoms with van der Waals surface area (Å²) in [4.78, 5) is 24.2. The highest BCUT2D eigenvalue weighted by Gasteiger charge is 2.19. The standard InChI is InChI=1S/C20H23BrN2O4/c1-4-16(27-17-8-6-5-7-14(17)3)20(25)23-22-19(24)12-26-18-10-9-13(2)11-15(18)21/h5-11,16H,4,12H2,1-3H3,(H,22,24)(H,23,25). The Morgan fingerprint density at radius 3 is 2.48 bits per heavy atom. The number of carbonyl (C=O) groups is 2. The van der Waals surface area contributed by atoms with Crippen LogP contribution in [-0.2, 0) is 9.59 Å². The molecule has 2 amide bonds. The van der Waals surface area contributed by atoms with Crippen LogP contribution in [0.15, 0.2) is 46.9 Å². The van der Waals surface area contributed by atoms with E-state index in [4.69, 9.17) is 9.47 Å². The molecule has 0 aliphatic carbocycles. The number of ether oxygens (including phenoxy) is 2. The van der Waals surface area contributed by atoms with E-state index in [2.05, 4.69) is 26.8 Å². The number of aryl methyl sites for hydroxylation is 2. The molecular formula is C20H23BrN2O4. The van der Waals surface area contributed by atoms with Gasteiger partial charge in [0.15, 0.2) is 12.7 Å². The highest BCUT2D eigenvalue weighted by molar-refractivity contribution is 9.10. The monoisotopic (exact) mass is 434 g/mol. The molecule has 7 heteroatoms. The number of carbonyl (C=O) groups excluding carboxylic acids is 2. The zero-order valence-corrected chi connectivity index (χ0v) is 17.1. The van der Waals surface area contributed by atoms with Gasteiger partial charge < -0.3 is 9.47 Å². The Bertz CT molecular complexity index is 810. The fourth-order valence-electron chi connectivity index (χ4n) is 2.28. The van der Waals surface area contributed by atoms with Gasteiger partial charge in [-0.2, -0.15) is 0 Å². The lowest BCUT2D eigenvalue weighted by molar-refractivity contribution is -0.134. The zero-order chi connectivity index (χ0) is 19.8. The first-order valence-electron chi connectivity index (χ1n) is 8.60. The van der Waals surface area contributed by atoms with Gasteiger partial charge >= 0.3 is 0 Å². The smallest absolute Gasteiger partial charge is 0.279 e. The average Bonchev–Trinajstić information content (AvgIpc) is 2.64. The third kappa shape index (κ3) is 6.29. The van der Waals surface area contributed by atoms with Crippen LogP contribution in [0.25, 0.3) is 0 Å². The largest absolute Gasteiger partial charge is 0.483 e. The van der Waals surface area contributed by atoms with Crippen molar-refractivity contribution in [3.63, 3.8) is 0 Å². The van der Waals surface area contributed by atoms with Gasteiger partial charge in [0, 0.05) is 0 Å². The number of benzene rings is 2. The number of nitrogens with one attached hydrogen (secondary N) is 2. The van der Waals surface area contributed by atoms with E-state index in [1.807, 2.05) is 51.1 Å². The van der Waals surface area contributed by atoms with Crippen LogP contribution in [0.2, 0.25) is 0 Å². The summed E-state index contributed by atoms with van der Waals surface area (Å²) in [5, 5.41) is 0. The summed E-state index contributed by atoms with van der Waals surface area (Å²) in [6, 6.07) is 13.0. The minimum absolute atomic E-state index is 0.225. The van der Waals surface area contributed by atoms with Crippen molar-refractivity contribution in [2.75, 3.05) is 6.61 Å². The number of halogens is 1. The quantitative estimate of drug-likeness (QED) is 0.654. The second-order valence-corrected chi connectivity index (χ2v) is 6.89. The van der Waals surface area contributed by atoms with Gasteiger partial charge in [0.25, 0.3) is 11.8 Å². The van der Waals surface area contributed by atoms with Crippen molar-refractivity contribution in [1.82, 2.24) is 10.9 Å². The normalized spacial score (nSPS) is 11.4. The molecule has 0 aliphatic rings. The summed E-state index contributed by atoms with van der Waals surface area (Å²) in [5.41, 5.74) is 6.73. The molecule has 0 bridgehead atoms. The molecule has 0 heterocycles. The topological polar surface area (TPSA) is 76.7 Å². The van der Waals surface area contributed by atoms with Gasteiger partial charge in [0.2, 0.25) is 0 Å². The third-order valence-electron chi connectivity index (χ3n) is 3.80. The molecule has 27 heavy (non-hydrogen) atoms. The highest BCUT2D eigenvalue weighted by Crippen LogP contribution is 2.25. The lowest BCUT2D eigenvalue weighted by Gasteiger charge is -2.18. The van der Waals surface area contributed by atoms with Gasteiger partial charge in [-0.05, 0) is 65.5 Å². The summed E-state index contributed by atoms with van der Waals surface area (Å²) >= 11 is 3.38. The van der Waals surface area contributed by atoms with E-state index < -0.39 is 17.9 Å². The second kappa shape index (κ2) is 9.97. The highest BCUT2D eigenvalue weighted by atomic mass is 79.9. The van der Waals surface area contributed by atoms with Crippen LogP contribution >= 0.6 is 15.9 Å². The van der Waals surface area contributed by atoms with E-state index in [0.717, 1.165) is 15.6 Å². The minimum Gasteiger partial charge on any atom is -0.483 e. The van der Waals surface area contributed by atoms with Crippen molar-refractivity contribution < 1.29 is 19.1 Å². The van der Waals surface area contributed by atoms with E-state index in [9.17, 15) is 9.59 Å². The average molecular weight is 435 g/mol. The van der Waals surface area contributed by atoms with Crippen molar-refractivity contribution in [2.45, 2.75) is 33.3 Å². The first-order chi connectivity index (χ1) is 12.9. The molecule has 144 valence electrons. The summed E-state index contributed by atoms with van der Waals surface area (Å²) in [6.07, 6.45) is -0.249. The van der Waals surface area contributed by atoms with Crippen LogP contribution in [0.1, 0.15) is 24.5 Å². The van der Waals surface area contributed by atoms with Gasteiger partial charge in [0.1, 0.15) is 11.5 Å². The Balaban J connectivity index is 1.82. The Morgan fingerprint density at radius 1 is 1.07 bits per heavy atom. The molecule has 2 rings (SSSR count). The van der Waals surface area contributed by atoms with Gasteiger partial charge in [-0.15, -0.1) is 0 Å². The molecule has 0 aromatic heterocycles. The molecule has 0 aliphatic heterocycles. The molecule has 0 saturated carbocycles. The van der Waals surface area contributed by atoms with E-state index in [-0.39, 0.29) is 6.61 Å². The lowest BCUT2D eigenvalue weighted by atomic mass is 10.2. The van der Waals surface area contributed by atoms with E-state index >= 15 is 0 Å². The van der Waals surface area contributed by atoms with Crippen molar-refractivity contribution in [3.8, 4) is 11.5 Å². The molecule has 0 spiro atoms. The van der Waals surface area contributed by atoms with Gasteiger partial charge in [0.05, 0.1) is 4.47 Å². The van der Waals surface area contributed by atoms with Crippen molar-refractivity contribution >= 4 is 27.7 Å². The van der Waals surface area contributed by atoms with Crippen LogP contribution in [0.3, 0.4) is 0 Å². The second-order valence-electron chi connectivity index (χ2n) is 6.04. The van der Waals surface area contributed by atoms with E-state index in [1.54, 1.807) is 12.1 Å². The Morgan fingerprint density at radius 2 is 1.81 bits per heavy atom. The van der Waals surface area contributed by atoms with Crippen molar-refractivity contribution in [3.05, 3.63) is 58.1 Å². The summed E-state index contributed by atoms with van der Waals surface area (Å²) in [5.74, 6) is 0.293. The maximum absolute atomic E-state index is 12.3. The predicted octanol–water partition coefficient (Wildman–Crippen LogP) is 3.45. The number of amides is 2.